The Balaban J connectivity index is 1.64. The lowest BCUT2D eigenvalue weighted by atomic mass is 9.54. The molecule has 4 aliphatic carbocycles. The highest BCUT2D eigenvalue weighted by atomic mass is 15.6. The maximum atomic E-state index is 5.92. The molecule has 5 nitrogen and oxygen atoms in total. The molecule has 1 aromatic rings. The smallest absolute Gasteiger partial charge is 0.153 e. The van der Waals surface area contributed by atoms with Gasteiger partial charge in [-0.3, -0.25) is 0 Å². The van der Waals surface area contributed by atoms with Crippen molar-refractivity contribution in [2.45, 2.75) is 57.5 Å². The van der Waals surface area contributed by atoms with Crippen molar-refractivity contribution in [1.82, 2.24) is 20.2 Å². The minimum absolute atomic E-state index is 0.126. The van der Waals surface area contributed by atoms with Crippen LogP contribution in [0.2, 0.25) is 0 Å². The fourth-order valence-electron chi connectivity index (χ4n) is 5.16. The molecule has 0 amide bonds. The van der Waals surface area contributed by atoms with E-state index in [0.29, 0.717) is 6.04 Å². The molecule has 1 unspecified atom stereocenters. The van der Waals surface area contributed by atoms with Crippen LogP contribution in [0.1, 0.15) is 50.9 Å². The molecule has 1 heterocycles. The van der Waals surface area contributed by atoms with Crippen LogP contribution in [0.4, 0.5) is 0 Å². The topological polar surface area (TPSA) is 69.6 Å². The summed E-state index contributed by atoms with van der Waals surface area (Å²) in [6.07, 6.45) is 7.87. The van der Waals surface area contributed by atoms with Crippen molar-refractivity contribution >= 4 is 0 Å². The summed E-state index contributed by atoms with van der Waals surface area (Å²) in [6, 6.07) is 0.679. The van der Waals surface area contributed by atoms with Gasteiger partial charge in [0, 0.05) is 12.5 Å². The van der Waals surface area contributed by atoms with Gasteiger partial charge in [0.05, 0.1) is 6.04 Å². The van der Waals surface area contributed by atoms with Gasteiger partial charge in [-0.2, -0.15) is 0 Å². The molecule has 104 valence electrons. The number of nitrogens with two attached hydrogens (primary N) is 1. The Hall–Kier alpha value is -0.970. The molecule has 19 heavy (non-hydrogen) atoms. The zero-order valence-electron chi connectivity index (χ0n) is 11.6. The molecule has 5 rings (SSSR count). The third kappa shape index (κ3) is 1.90. The van der Waals surface area contributed by atoms with Gasteiger partial charge in [0.1, 0.15) is 0 Å². The largest absolute Gasteiger partial charge is 0.328 e. The lowest BCUT2D eigenvalue weighted by Crippen LogP contribution is -2.46. The third-order valence-electron chi connectivity index (χ3n) is 5.52. The number of aromatic nitrogens is 4. The van der Waals surface area contributed by atoms with E-state index in [1.54, 1.807) is 0 Å². The van der Waals surface area contributed by atoms with Crippen LogP contribution in [0.25, 0.3) is 0 Å². The van der Waals surface area contributed by atoms with E-state index in [1.807, 2.05) is 6.92 Å². The van der Waals surface area contributed by atoms with E-state index in [9.17, 15) is 0 Å². The summed E-state index contributed by atoms with van der Waals surface area (Å²) in [4.78, 5) is 0. The van der Waals surface area contributed by atoms with E-state index in [0.717, 1.165) is 35.9 Å². The van der Waals surface area contributed by atoms with Gasteiger partial charge in [-0.05, 0) is 73.1 Å². The SMILES string of the molecule is CC(N)Cc1nnnn1C1C2CC3CC(C2)CC1C3. The van der Waals surface area contributed by atoms with Crippen LogP contribution in [-0.4, -0.2) is 26.2 Å². The van der Waals surface area contributed by atoms with Gasteiger partial charge in [0.15, 0.2) is 5.82 Å². The predicted molar refractivity (Wildman–Crippen MR) is 71.3 cm³/mol. The summed E-state index contributed by atoms with van der Waals surface area (Å²) in [6.45, 7) is 2.02. The molecule has 4 fully saturated rings. The summed E-state index contributed by atoms with van der Waals surface area (Å²) in [7, 11) is 0. The molecule has 4 saturated carbocycles. The predicted octanol–water partition coefficient (Wildman–Crippen LogP) is 1.56. The lowest BCUT2D eigenvalue weighted by molar-refractivity contribution is -0.0354. The van der Waals surface area contributed by atoms with E-state index in [1.165, 1.54) is 32.1 Å². The third-order valence-corrected chi connectivity index (χ3v) is 5.52. The van der Waals surface area contributed by atoms with Gasteiger partial charge in [-0.15, -0.1) is 5.10 Å². The van der Waals surface area contributed by atoms with Crippen LogP contribution in [0.15, 0.2) is 0 Å². The van der Waals surface area contributed by atoms with Gasteiger partial charge >= 0.3 is 0 Å². The Bertz CT molecular complexity index is 438. The number of nitrogens with zero attached hydrogens (tertiary/aromatic N) is 4. The second-order valence-electron chi connectivity index (χ2n) is 7.14. The minimum atomic E-state index is 0.126. The van der Waals surface area contributed by atoms with E-state index >= 15 is 0 Å². The fourth-order valence-corrected chi connectivity index (χ4v) is 5.16. The highest BCUT2D eigenvalue weighted by Gasteiger charge is 2.49. The maximum absolute atomic E-state index is 5.92. The molecule has 0 aromatic carbocycles. The molecule has 1 atom stereocenters. The number of tetrazole rings is 1. The fraction of sp³-hybridized carbons (Fsp3) is 0.929. The molecular formula is C14H23N5. The van der Waals surface area contributed by atoms with E-state index < -0.39 is 0 Å². The summed E-state index contributed by atoms with van der Waals surface area (Å²) >= 11 is 0. The van der Waals surface area contributed by atoms with Crippen LogP contribution in [0, 0.1) is 23.7 Å². The average molecular weight is 261 g/mol. The highest BCUT2D eigenvalue weighted by Crippen LogP contribution is 2.58. The molecule has 5 heteroatoms. The highest BCUT2D eigenvalue weighted by molar-refractivity contribution is 5.02. The van der Waals surface area contributed by atoms with Gasteiger partial charge in [0.2, 0.25) is 0 Å². The van der Waals surface area contributed by atoms with Gasteiger partial charge in [-0.25, -0.2) is 4.68 Å². The van der Waals surface area contributed by atoms with Crippen molar-refractivity contribution in [3.05, 3.63) is 5.82 Å². The number of rotatable bonds is 3. The summed E-state index contributed by atoms with van der Waals surface area (Å²) < 4.78 is 2.14. The Kier molecular flexibility index (Phi) is 2.65. The monoisotopic (exact) mass is 261 g/mol. The van der Waals surface area contributed by atoms with Gasteiger partial charge in [-0.1, -0.05) is 0 Å². The lowest BCUT2D eigenvalue weighted by Gasteiger charge is -2.54. The number of hydrogen-bond donors (Lipinski definition) is 1. The van der Waals surface area contributed by atoms with Crippen LogP contribution in [-0.2, 0) is 6.42 Å². The van der Waals surface area contributed by atoms with Crippen LogP contribution in [0.5, 0.6) is 0 Å². The Labute approximate surface area is 113 Å². The molecule has 1 aromatic heterocycles. The summed E-state index contributed by atoms with van der Waals surface area (Å²) in [5.74, 6) is 4.60. The first-order chi connectivity index (χ1) is 9.20. The van der Waals surface area contributed by atoms with Gasteiger partial charge < -0.3 is 5.73 Å². The molecule has 0 spiro atoms. The zero-order valence-corrected chi connectivity index (χ0v) is 11.6. The first-order valence-electron chi connectivity index (χ1n) is 7.73. The standard InChI is InChI=1S/C14H23N5/c1-8(15)2-13-16-17-18-19(13)14-11-4-9-3-10(6-11)7-12(14)5-9/h8-12,14H,2-7,15H2,1H3. The normalized spacial score (nSPS) is 41.7. The maximum Gasteiger partial charge on any atom is 0.153 e. The molecule has 0 aliphatic heterocycles. The Morgan fingerprint density at radius 1 is 1.16 bits per heavy atom. The Morgan fingerprint density at radius 2 is 1.79 bits per heavy atom. The van der Waals surface area contributed by atoms with Crippen molar-refractivity contribution in [2.75, 3.05) is 0 Å². The molecule has 0 radical (unpaired) electrons. The van der Waals surface area contributed by atoms with Crippen molar-refractivity contribution in [1.29, 1.82) is 0 Å². The van der Waals surface area contributed by atoms with E-state index in [-0.39, 0.29) is 6.04 Å². The van der Waals surface area contributed by atoms with Crippen molar-refractivity contribution in [3.8, 4) is 0 Å². The molecule has 4 bridgehead atoms. The first-order valence-corrected chi connectivity index (χ1v) is 7.73. The Morgan fingerprint density at radius 3 is 2.37 bits per heavy atom. The van der Waals surface area contributed by atoms with Crippen molar-refractivity contribution < 1.29 is 0 Å². The molecular weight excluding hydrogens is 238 g/mol. The van der Waals surface area contributed by atoms with E-state index in [2.05, 4.69) is 20.2 Å². The quantitative estimate of drug-likeness (QED) is 0.896. The summed E-state index contributed by atoms with van der Waals surface area (Å²) in [5.41, 5.74) is 5.92. The van der Waals surface area contributed by atoms with Crippen LogP contribution in [0.3, 0.4) is 0 Å². The molecule has 0 saturated heterocycles. The van der Waals surface area contributed by atoms with Crippen LogP contribution < -0.4 is 5.73 Å². The molecule has 2 N–H and O–H groups in total. The second-order valence-corrected chi connectivity index (χ2v) is 7.14. The van der Waals surface area contributed by atoms with Crippen LogP contribution >= 0.6 is 0 Å². The molecule has 4 aliphatic rings. The number of hydrogen-bond acceptors (Lipinski definition) is 4. The first kappa shape index (κ1) is 11.8. The average Bonchev–Trinajstić information content (AvgIpc) is 2.75. The van der Waals surface area contributed by atoms with Gasteiger partial charge in [0.25, 0.3) is 0 Å². The second kappa shape index (κ2) is 4.27. The van der Waals surface area contributed by atoms with E-state index in [4.69, 9.17) is 5.73 Å². The van der Waals surface area contributed by atoms with Crippen molar-refractivity contribution in [2.24, 2.45) is 29.4 Å². The summed E-state index contributed by atoms with van der Waals surface area (Å²) in [5, 5.41) is 12.4. The zero-order chi connectivity index (χ0) is 13.0. The minimum Gasteiger partial charge on any atom is -0.328 e. The van der Waals surface area contributed by atoms with Crippen molar-refractivity contribution in [3.63, 3.8) is 0 Å².